The molecule has 0 spiro atoms. The molecule has 0 amide bonds. The Bertz CT molecular complexity index is 1220. The van der Waals surface area contributed by atoms with Crippen LogP contribution in [0.15, 0.2) is 99.4 Å². The van der Waals surface area contributed by atoms with Crippen LogP contribution in [0.5, 0.6) is 5.75 Å². The zero-order valence-electron chi connectivity index (χ0n) is 13.8. The molecular formula is C22H15O3P. The Morgan fingerprint density at radius 3 is 1.85 bits per heavy atom. The highest BCUT2D eigenvalue weighted by molar-refractivity contribution is 7.32. The van der Waals surface area contributed by atoms with Crippen molar-refractivity contribution in [2.24, 2.45) is 0 Å². The van der Waals surface area contributed by atoms with Gasteiger partial charge in [-0.3, -0.25) is 0 Å². The number of fused-ring (bicyclic) bond motifs is 4. The molecule has 0 fully saturated rings. The largest absolute Gasteiger partial charge is 0.453 e. The van der Waals surface area contributed by atoms with Gasteiger partial charge in [0.15, 0.2) is 0 Å². The standard InChI is InChI=1S/C22H15O3P/c1-2-8-17-15-18(14-13-16(17)7-1)23-26-24-21-11-5-3-9-19(21)20-10-4-6-12-22(20)25-26/h1-15H. The topological polar surface area (TPSA) is 35.5 Å². The summed E-state index contributed by atoms with van der Waals surface area (Å²) in [6.45, 7) is 0. The molecule has 5 aromatic rings. The van der Waals surface area contributed by atoms with Crippen molar-refractivity contribution in [3.8, 4) is 5.75 Å². The maximum absolute atomic E-state index is 6.08. The molecule has 0 aliphatic heterocycles. The summed E-state index contributed by atoms with van der Waals surface area (Å²) < 4.78 is 18.2. The summed E-state index contributed by atoms with van der Waals surface area (Å²) in [5.74, 6) is 0.728. The van der Waals surface area contributed by atoms with Gasteiger partial charge in [0, 0.05) is 10.8 Å². The second-order valence-electron chi connectivity index (χ2n) is 6.00. The molecule has 0 aliphatic rings. The van der Waals surface area contributed by atoms with E-state index in [-0.39, 0.29) is 0 Å². The van der Waals surface area contributed by atoms with Gasteiger partial charge in [0.25, 0.3) is 0 Å². The monoisotopic (exact) mass is 358 g/mol. The van der Waals surface area contributed by atoms with Gasteiger partial charge < -0.3 is 12.9 Å². The van der Waals surface area contributed by atoms with E-state index >= 15 is 0 Å². The SMILES string of the molecule is c1ccc2cc(Op3oc4ccccc4c4ccccc4o3)ccc2c1. The van der Waals surface area contributed by atoms with Gasteiger partial charge in [0.05, 0.1) is 0 Å². The van der Waals surface area contributed by atoms with E-state index in [0.717, 1.165) is 33.1 Å². The Hall–Kier alpha value is -3.16. The highest BCUT2D eigenvalue weighted by Crippen LogP contribution is 2.37. The van der Waals surface area contributed by atoms with Crippen LogP contribution < -0.4 is 4.52 Å². The summed E-state index contributed by atoms with van der Waals surface area (Å²) in [6, 6.07) is 30.0. The molecule has 4 heteroatoms. The van der Waals surface area contributed by atoms with Crippen LogP contribution in [0.25, 0.3) is 32.7 Å². The lowest BCUT2D eigenvalue weighted by Crippen LogP contribution is -1.79. The van der Waals surface area contributed by atoms with Crippen LogP contribution in [0.3, 0.4) is 0 Å². The van der Waals surface area contributed by atoms with Crippen molar-refractivity contribution in [2.75, 3.05) is 0 Å². The molecule has 1 heterocycles. The van der Waals surface area contributed by atoms with E-state index in [1.165, 1.54) is 5.39 Å². The molecule has 0 N–H and O–H groups in total. The van der Waals surface area contributed by atoms with Crippen LogP contribution in [-0.4, -0.2) is 0 Å². The molecule has 0 aliphatic carbocycles. The van der Waals surface area contributed by atoms with E-state index in [9.17, 15) is 0 Å². The van der Waals surface area contributed by atoms with Crippen LogP contribution >= 0.6 is 8.24 Å². The predicted octanol–water partition coefficient (Wildman–Crippen LogP) is 7.29. The zero-order chi connectivity index (χ0) is 17.3. The first-order valence-corrected chi connectivity index (χ1v) is 9.48. The van der Waals surface area contributed by atoms with Crippen molar-refractivity contribution in [3.05, 3.63) is 91.0 Å². The lowest BCUT2D eigenvalue weighted by atomic mass is 10.1. The molecule has 26 heavy (non-hydrogen) atoms. The fourth-order valence-corrected chi connectivity index (χ4v) is 4.10. The van der Waals surface area contributed by atoms with E-state index in [1.807, 2.05) is 78.9 Å². The Kier molecular flexibility index (Phi) is 3.66. The number of benzene rings is 4. The smallest absolute Gasteiger partial charge is 0.391 e. The van der Waals surface area contributed by atoms with Crippen molar-refractivity contribution in [1.82, 2.24) is 0 Å². The van der Waals surface area contributed by atoms with Gasteiger partial charge in [0.2, 0.25) is 0 Å². The summed E-state index contributed by atoms with van der Waals surface area (Å²) in [5.41, 5.74) is 1.54. The van der Waals surface area contributed by atoms with Crippen LogP contribution in [0.1, 0.15) is 0 Å². The molecule has 4 aromatic carbocycles. The Morgan fingerprint density at radius 1 is 0.577 bits per heavy atom. The first-order valence-electron chi connectivity index (χ1n) is 8.38. The molecule has 0 atom stereocenters. The number of hydrogen-bond donors (Lipinski definition) is 0. The fraction of sp³-hybridized carbons (Fsp3) is 0. The van der Waals surface area contributed by atoms with Crippen molar-refractivity contribution in [3.63, 3.8) is 0 Å². The molecule has 0 saturated heterocycles. The minimum atomic E-state index is -1.60. The van der Waals surface area contributed by atoms with Gasteiger partial charge in [-0.15, -0.1) is 0 Å². The third kappa shape index (κ3) is 2.73. The second kappa shape index (κ2) is 6.29. The number of para-hydroxylation sites is 2. The van der Waals surface area contributed by atoms with Crippen molar-refractivity contribution in [1.29, 1.82) is 0 Å². The predicted molar refractivity (Wildman–Crippen MR) is 106 cm³/mol. The molecule has 0 unspecified atom stereocenters. The third-order valence-electron chi connectivity index (χ3n) is 4.31. The lowest BCUT2D eigenvalue weighted by Gasteiger charge is -2.03. The van der Waals surface area contributed by atoms with Crippen molar-refractivity contribution in [2.45, 2.75) is 0 Å². The minimum absolute atomic E-state index is 0.728. The van der Waals surface area contributed by atoms with Crippen LogP contribution in [0, 0.1) is 0 Å². The van der Waals surface area contributed by atoms with Crippen molar-refractivity contribution < 1.29 is 12.9 Å². The van der Waals surface area contributed by atoms with Gasteiger partial charge >= 0.3 is 8.24 Å². The lowest BCUT2D eigenvalue weighted by molar-refractivity contribution is 0.498. The quantitative estimate of drug-likeness (QED) is 0.332. The molecule has 1 aromatic heterocycles. The van der Waals surface area contributed by atoms with Crippen molar-refractivity contribution >= 4 is 41.0 Å². The first-order chi connectivity index (χ1) is 12.9. The second-order valence-corrected chi connectivity index (χ2v) is 6.99. The molecule has 3 nitrogen and oxygen atoms in total. The normalized spacial score (nSPS) is 11.1. The molecule has 0 radical (unpaired) electrons. The Labute approximate surface area is 151 Å². The summed E-state index contributed by atoms with van der Waals surface area (Å²) in [6.07, 6.45) is 0. The first kappa shape index (κ1) is 15.1. The maximum Gasteiger partial charge on any atom is 0.453 e. The zero-order valence-corrected chi connectivity index (χ0v) is 14.7. The Morgan fingerprint density at radius 2 is 1.15 bits per heavy atom. The Balaban J connectivity index is 1.69. The van der Waals surface area contributed by atoms with E-state index < -0.39 is 8.24 Å². The fourth-order valence-electron chi connectivity index (χ4n) is 3.06. The summed E-state index contributed by atoms with van der Waals surface area (Å²) >= 11 is 0. The summed E-state index contributed by atoms with van der Waals surface area (Å²) in [5, 5.41) is 4.31. The third-order valence-corrected chi connectivity index (χ3v) is 5.36. The number of hydrogen-bond acceptors (Lipinski definition) is 3. The van der Waals surface area contributed by atoms with Gasteiger partial charge in [-0.05, 0) is 35.0 Å². The highest BCUT2D eigenvalue weighted by Gasteiger charge is 2.08. The summed E-state index contributed by atoms with van der Waals surface area (Å²) in [7, 11) is -1.60. The average Bonchev–Trinajstić information content (AvgIpc) is 2.84. The van der Waals surface area contributed by atoms with Gasteiger partial charge in [-0.1, -0.05) is 66.7 Å². The minimum Gasteiger partial charge on any atom is -0.391 e. The van der Waals surface area contributed by atoms with E-state index in [0.29, 0.717) is 0 Å². The highest BCUT2D eigenvalue weighted by atomic mass is 31.1. The molecule has 0 saturated carbocycles. The van der Waals surface area contributed by atoms with Gasteiger partial charge in [-0.2, -0.15) is 0 Å². The van der Waals surface area contributed by atoms with E-state index in [1.54, 1.807) is 0 Å². The molecule has 0 bridgehead atoms. The van der Waals surface area contributed by atoms with Gasteiger partial charge in [-0.25, -0.2) is 0 Å². The van der Waals surface area contributed by atoms with E-state index in [4.69, 9.17) is 12.9 Å². The summed E-state index contributed by atoms with van der Waals surface area (Å²) in [4.78, 5) is 0. The van der Waals surface area contributed by atoms with Crippen LogP contribution in [0.4, 0.5) is 0 Å². The molecular weight excluding hydrogens is 343 g/mol. The number of rotatable bonds is 2. The maximum atomic E-state index is 6.08. The molecule has 126 valence electrons. The average molecular weight is 358 g/mol. The van der Waals surface area contributed by atoms with Crippen LogP contribution in [0.2, 0.25) is 0 Å². The molecule has 5 rings (SSSR count). The van der Waals surface area contributed by atoms with Gasteiger partial charge in [0.1, 0.15) is 16.9 Å². The van der Waals surface area contributed by atoms with E-state index in [2.05, 4.69) is 12.1 Å². The van der Waals surface area contributed by atoms with Crippen LogP contribution in [-0.2, 0) is 0 Å².